The lowest BCUT2D eigenvalue weighted by molar-refractivity contribution is -0.119. The Balaban J connectivity index is 1.36. The zero-order valence-electron chi connectivity index (χ0n) is 15.5. The quantitative estimate of drug-likeness (QED) is 0.468. The number of allylic oxidation sites excluding steroid dienone is 4. The van der Waals surface area contributed by atoms with Gasteiger partial charge < -0.3 is 15.4 Å². The zero-order chi connectivity index (χ0) is 19.3. The molecule has 0 atom stereocenters. The van der Waals surface area contributed by atoms with E-state index in [1.165, 1.54) is 6.92 Å². The minimum atomic E-state index is -0.0529. The van der Waals surface area contributed by atoms with Crippen molar-refractivity contribution >= 4 is 34.0 Å². The van der Waals surface area contributed by atoms with Crippen LogP contribution in [0.3, 0.4) is 0 Å². The number of hydrogen-bond donors (Lipinski definition) is 4. The number of anilines is 2. The Hall–Kier alpha value is -3.62. The number of nitrogens with zero attached hydrogens (tertiary/aromatic N) is 3. The molecule has 9 heteroatoms. The minimum Gasteiger partial charge on any atom is -0.496 e. The molecular formula is C19H21N7O2. The van der Waals surface area contributed by atoms with E-state index < -0.39 is 0 Å². The second-order valence-electron chi connectivity index (χ2n) is 6.46. The Bertz CT molecular complexity index is 1050. The maximum Gasteiger partial charge on any atom is 0.246 e. The van der Waals surface area contributed by atoms with Crippen LogP contribution in [0, 0.1) is 0 Å². The smallest absolute Gasteiger partial charge is 0.246 e. The van der Waals surface area contributed by atoms with Gasteiger partial charge in [-0.25, -0.2) is 0 Å². The highest BCUT2D eigenvalue weighted by Crippen LogP contribution is 2.26. The van der Waals surface area contributed by atoms with Crippen molar-refractivity contribution in [3.05, 3.63) is 48.1 Å². The Morgan fingerprint density at radius 2 is 2.18 bits per heavy atom. The van der Waals surface area contributed by atoms with Crippen molar-refractivity contribution in [3.8, 4) is 0 Å². The van der Waals surface area contributed by atoms with Crippen LogP contribution in [0.15, 0.2) is 42.3 Å². The normalized spacial score (nSPS) is 13.8. The van der Waals surface area contributed by atoms with Crippen LogP contribution in [0.5, 0.6) is 0 Å². The number of fused-ring (bicyclic) bond motifs is 1. The summed E-state index contributed by atoms with van der Waals surface area (Å²) in [5.41, 5.74) is 2.95. The van der Waals surface area contributed by atoms with Gasteiger partial charge in [-0.3, -0.25) is 15.0 Å². The molecule has 3 aromatic rings. The molecule has 28 heavy (non-hydrogen) atoms. The number of amides is 1. The van der Waals surface area contributed by atoms with Gasteiger partial charge in [0.2, 0.25) is 11.9 Å². The molecule has 0 unspecified atom stereocenters. The van der Waals surface area contributed by atoms with Crippen LogP contribution in [0.2, 0.25) is 0 Å². The third kappa shape index (κ3) is 4.20. The fraction of sp³-hybridized carbons (Fsp3) is 0.263. The summed E-state index contributed by atoms with van der Waals surface area (Å²) in [6, 6.07) is 5.89. The molecule has 0 saturated heterocycles. The molecule has 1 amide bonds. The Morgan fingerprint density at radius 1 is 1.25 bits per heavy atom. The van der Waals surface area contributed by atoms with E-state index in [9.17, 15) is 4.79 Å². The summed E-state index contributed by atoms with van der Waals surface area (Å²) in [6.45, 7) is 2.46. The lowest BCUT2D eigenvalue weighted by atomic mass is 10.0. The number of H-pyrrole nitrogens is 2. The van der Waals surface area contributed by atoms with Crippen molar-refractivity contribution in [2.24, 2.45) is 0 Å². The van der Waals surface area contributed by atoms with E-state index >= 15 is 0 Å². The molecule has 9 nitrogen and oxygen atoms in total. The first-order chi connectivity index (χ1) is 13.7. The Labute approximate surface area is 161 Å². The van der Waals surface area contributed by atoms with E-state index in [-0.39, 0.29) is 5.91 Å². The molecule has 0 fully saturated rings. The summed E-state index contributed by atoms with van der Waals surface area (Å²) in [7, 11) is 0. The maximum atomic E-state index is 10.8. The van der Waals surface area contributed by atoms with Crippen molar-refractivity contribution in [2.45, 2.75) is 19.8 Å². The van der Waals surface area contributed by atoms with E-state index in [2.05, 4.69) is 36.0 Å². The van der Waals surface area contributed by atoms with Crippen LogP contribution in [0.1, 0.15) is 25.6 Å². The first-order valence-corrected chi connectivity index (χ1v) is 9.07. The molecule has 1 aliphatic carbocycles. The number of aromatic nitrogens is 5. The third-order valence-corrected chi connectivity index (χ3v) is 4.36. The van der Waals surface area contributed by atoms with Gasteiger partial charge in [-0.1, -0.05) is 6.08 Å². The van der Waals surface area contributed by atoms with E-state index in [4.69, 9.17) is 4.74 Å². The number of rotatable bonds is 7. The monoisotopic (exact) mass is 379 g/mol. The molecule has 0 saturated carbocycles. The van der Waals surface area contributed by atoms with Gasteiger partial charge in [-0.15, -0.1) is 5.10 Å². The van der Waals surface area contributed by atoms with Gasteiger partial charge >= 0.3 is 0 Å². The van der Waals surface area contributed by atoms with E-state index in [1.54, 1.807) is 6.20 Å². The lowest BCUT2D eigenvalue weighted by Crippen LogP contribution is -2.24. The van der Waals surface area contributed by atoms with Gasteiger partial charge in [-0.2, -0.15) is 10.1 Å². The van der Waals surface area contributed by atoms with Crippen LogP contribution in [0.4, 0.5) is 11.6 Å². The van der Waals surface area contributed by atoms with Crippen LogP contribution in [0.25, 0.3) is 16.5 Å². The molecule has 4 rings (SSSR count). The first kappa shape index (κ1) is 17.8. The van der Waals surface area contributed by atoms with E-state index in [0.717, 1.165) is 46.6 Å². The molecule has 0 aliphatic heterocycles. The van der Waals surface area contributed by atoms with E-state index in [1.807, 2.05) is 30.4 Å². The molecule has 0 spiro atoms. The summed E-state index contributed by atoms with van der Waals surface area (Å²) in [4.78, 5) is 15.4. The fourth-order valence-corrected chi connectivity index (χ4v) is 2.96. The number of ether oxygens (including phenoxy) is 1. The van der Waals surface area contributed by atoms with Gasteiger partial charge in [0.25, 0.3) is 0 Å². The number of carbonyl (C=O) groups is 1. The van der Waals surface area contributed by atoms with Crippen molar-refractivity contribution in [2.75, 3.05) is 18.5 Å². The molecule has 0 radical (unpaired) electrons. The molecule has 4 N–H and O–H groups in total. The van der Waals surface area contributed by atoms with Crippen molar-refractivity contribution in [1.29, 1.82) is 0 Å². The summed E-state index contributed by atoms with van der Waals surface area (Å²) >= 11 is 0. The third-order valence-electron chi connectivity index (χ3n) is 4.36. The predicted molar refractivity (Wildman–Crippen MR) is 106 cm³/mol. The summed E-state index contributed by atoms with van der Waals surface area (Å²) in [6.07, 6.45) is 7.29. The number of benzene rings is 1. The van der Waals surface area contributed by atoms with Gasteiger partial charge in [0, 0.05) is 24.4 Å². The van der Waals surface area contributed by atoms with Crippen LogP contribution in [-0.4, -0.2) is 44.4 Å². The van der Waals surface area contributed by atoms with Crippen LogP contribution >= 0.6 is 0 Å². The standard InChI is InChI=1S/C19H21N7O2/c1-12(27)20-8-9-28-16-5-2-13(3-6-16)18-23-19(26-25-18)22-15-4-7-17-14(10-15)11-21-24-17/h2,4-5,7,10-11H,3,6,8-9H2,1H3,(H,20,27)(H,21,24)(H2,22,23,25,26). The highest BCUT2D eigenvalue weighted by Gasteiger charge is 2.13. The predicted octanol–water partition coefficient (Wildman–Crippen LogP) is 2.64. The Morgan fingerprint density at radius 3 is 3.00 bits per heavy atom. The number of nitrogens with one attached hydrogen (secondary N) is 4. The van der Waals surface area contributed by atoms with Crippen LogP contribution in [-0.2, 0) is 9.53 Å². The molecule has 1 aromatic carbocycles. The second kappa shape index (κ2) is 7.95. The summed E-state index contributed by atoms with van der Waals surface area (Å²) in [5.74, 6) is 2.10. The molecule has 1 aliphatic rings. The van der Waals surface area contributed by atoms with Crippen molar-refractivity contribution < 1.29 is 9.53 Å². The molecule has 2 heterocycles. The number of hydrogen-bond acceptors (Lipinski definition) is 6. The Kier molecular flexibility index (Phi) is 5.05. The zero-order valence-corrected chi connectivity index (χ0v) is 15.5. The highest BCUT2D eigenvalue weighted by atomic mass is 16.5. The molecule has 0 bridgehead atoms. The average Bonchev–Trinajstić information content (AvgIpc) is 3.35. The summed E-state index contributed by atoms with van der Waals surface area (Å²) < 4.78 is 5.67. The largest absolute Gasteiger partial charge is 0.496 e. The lowest BCUT2D eigenvalue weighted by Gasteiger charge is -2.14. The van der Waals surface area contributed by atoms with Crippen molar-refractivity contribution in [1.82, 2.24) is 30.7 Å². The topological polar surface area (TPSA) is 121 Å². The van der Waals surface area contributed by atoms with Crippen LogP contribution < -0.4 is 10.6 Å². The van der Waals surface area contributed by atoms with Gasteiger partial charge in [0.05, 0.1) is 24.0 Å². The summed E-state index contributed by atoms with van der Waals surface area (Å²) in [5, 5.41) is 21.1. The highest BCUT2D eigenvalue weighted by molar-refractivity contribution is 5.82. The van der Waals surface area contributed by atoms with Gasteiger partial charge in [0.15, 0.2) is 5.82 Å². The van der Waals surface area contributed by atoms with Crippen molar-refractivity contribution in [3.63, 3.8) is 0 Å². The SMILES string of the molecule is CC(=O)NCCOC1=CC=C(c2nc(Nc3ccc4[nH]ncc4c3)n[nH]2)CC1. The fourth-order valence-electron chi connectivity index (χ4n) is 2.96. The minimum absolute atomic E-state index is 0.0529. The average molecular weight is 379 g/mol. The van der Waals surface area contributed by atoms with Gasteiger partial charge in [-0.05, 0) is 36.3 Å². The second-order valence-corrected chi connectivity index (χ2v) is 6.46. The maximum absolute atomic E-state index is 10.8. The van der Waals surface area contributed by atoms with Gasteiger partial charge in [0.1, 0.15) is 6.61 Å². The number of carbonyl (C=O) groups excluding carboxylic acids is 1. The number of aromatic amines is 2. The molecule has 2 aromatic heterocycles. The first-order valence-electron chi connectivity index (χ1n) is 9.07. The molecular weight excluding hydrogens is 358 g/mol. The van der Waals surface area contributed by atoms with E-state index in [0.29, 0.717) is 19.1 Å². The molecule has 144 valence electrons.